The number of hydrogen-bond donors (Lipinski definition) is 2. The first-order chi connectivity index (χ1) is 19.5. The van der Waals surface area contributed by atoms with Crippen molar-refractivity contribution < 1.29 is 27.4 Å². The van der Waals surface area contributed by atoms with Gasteiger partial charge in [-0.15, -0.1) is 0 Å². The Morgan fingerprint density at radius 2 is 2.05 bits per heavy atom. The number of nitrogens with one attached hydrogen (secondary N) is 2. The summed E-state index contributed by atoms with van der Waals surface area (Å²) in [5.41, 5.74) is -1.52. The van der Waals surface area contributed by atoms with Crippen LogP contribution in [0.4, 0.5) is 30.6 Å². The van der Waals surface area contributed by atoms with E-state index in [0.717, 1.165) is 23.8 Å². The molecule has 1 aliphatic rings. The van der Waals surface area contributed by atoms with Crippen LogP contribution in [0.15, 0.2) is 41.6 Å². The monoisotopic (exact) mass is 591 g/mol. The summed E-state index contributed by atoms with van der Waals surface area (Å²) in [7, 11) is 2.78. The standard InChI is InChI=1S/C26H25ClF3N7O4/c1-36-13-14(26(28,29)30)9-17(24(36)39)33-25-35-23-22(37(25)2)21(27)18(12-32-23)41-16-6-7-31-19(10-16)34-20(38)11-15-5-3-4-8-40-15/h6-7,9-10,12-13,15H,3-5,8,11H2,1-2H3,(H,31,34,38)(H,32,33,35). The Morgan fingerprint density at radius 3 is 2.78 bits per heavy atom. The van der Waals surface area contributed by atoms with Crippen molar-refractivity contribution in [2.75, 3.05) is 17.2 Å². The molecule has 0 aromatic carbocycles. The van der Waals surface area contributed by atoms with Gasteiger partial charge in [-0.25, -0.2) is 9.97 Å². The maximum Gasteiger partial charge on any atom is 0.417 e. The molecule has 0 radical (unpaired) electrons. The second kappa shape index (κ2) is 11.4. The first-order valence-corrected chi connectivity index (χ1v) is 13.0. The van der Waals surface area contributed by atoms with Gasteiger partial charge in [-0.2, -0.15) is 18.2 Å². The Kier molecular flexibility index (Phi) is 7.87. The van der Waals surface area contributed by atoms with Gasteiger partial charge in [0.1, 0.15) is 27.8 Å². The zero-order chi connectivity index (χ0) is 29.3. The van der Waals surface area contributed by atoms with Crippen molar-refractivity contribution in [2.45, 2.75) is 38.0 Å². The number of imidazole rings is 1. The number of halogens is 4. The minimum absolute atomic E-state index is 0.0406. The Hall–Kier alpha value is -4.17. The number of rotatable bonds is 7. The average molecular weight is 592 g/mol. The predicted molar refractivity (Wildman–Crippen MR) is 145 cm³/mol. The first kappa shape index (κ1) is 28.4. The molecule has 15 heteroatoms. The van der Waals surface area contributed by atoms with E-state index in [1.165, 1.54) is 30.1 Å². The van der Waals surface area contributed by atoms with Crippen LogP contribution >= 0.6 is 11.6 Å². The molecular weight excluding hydrogens is 567 g/mol. The zero-order valence-corrected chi connectivity index (χ0v) is 22.7. The molecule has 5 rings (SSSR count). The molecule has 0 aliphatic carbocycles. The van der Waals surface area contributed by atoms with Crippen LogP contribution in [0.5, 0.6) is 11.5 Å². The van der Waals surface area contributed by atoms with Gasteiger partial charge in [0.2, 0.25) is 11.9 Å². The molecule has 1 atom stereocenters. The number of amides is 1. The highest BCUT2D eigenvalue weighted by atomic mass is 35.5. The summed E-state index contributed by atoms with van der Waals surface area (Å²) in [6.45, 7) is 0.649. The summed E-state index contributed by atoms with van der Waals surface area (Å²) >= 11 is 6.62. The highest BCUT2D eigenvalue weighted by molar-refractivity contribution is 6.36. The van der Waals surface area contributed by atoms with Crippen LogP contribution in [0, 0.1) is 0 Å². The molecule has 0 saturated carbocycles. The second-order valence-electron chi connectivity index (χ2n) is 9.50. The number of carbonyl (C=O) groups is 1. The van der Waals surface area contributed by atoms with Gasteiger partial charge >= 0.3 is 6.18 Å². The predicted octanol–water partition coefficient (Wildman–Crippen LogP) is 5.17. The minimum Gasteiger partial charge on any atom is -0.454 e. The number of carbonyl (C=O) groups excluding carboxylic acids is 1. The lowest BCUT2D eigenvalue weighted by molar-refractivity contribution is -0.138. The summed E-state index contributed by atoms with van der Waals surface area (Å²) in [6.07, 6.45) is 1.83. The highest BCUT2D eigenvalue weighted by Gasteiger charge is 2.32. The summed E-state index contributed by atoms with van der Waals surface area (Å²) in [6, 6.07) is 3.81. The van der Waals surface area contributed by atoms with Gasteiger partial charge in [-0.3, -0.25) is 9.59 Å². The zero-order valence-electron chi connectivity index (χ0n) is 22.0. The molecule has 0 spiro atoms. The van der Waals surface area contributed by atoms with Crippen LogP contribution < -0.4 is 20.9 Å². The number of nitrogens with zero attached hydrogens (tertiary/aromatic N) is 5. The Morgan fingerprint density at radius 1 is 1.24 bits per heavy atom. The van der Waals surface area contributed by atoms with E-state index in [1.807, 2.05) is 0 Å². The number of fused-ring (bicyclic) bond motifs is 1. The van der Waals surface area contributed by atoms with E-state index in [4.69, 9.17) is 21.1 Å². The van der Waals surface area contributed by atoms with Gasteiger partial charge in [-0.05, 0) is 31.4 Å². The van der Waals surface area contributed by atoms with Crippen molar-refractivity contribution in [1.82, 2.24) is 24.1 Å². The molecule has 1 amide bonds. The lowest BCUT2D eigenvalue weighted by Gasteiger charge is -2.21. The van der Waals surface area contributed by atoms with Gasteiger partial charge in [0.15, 0.2) is 11.4 Å². The first-order valence-electron chi connectivity index (χ1n) is 12.6. The Bertz CT molecular complexity index is 1670. The summed E-state index contributed by atoms with van der Waals surface area (Å²) < 4.78 is 53.7. The van der Waals surface area contributed by atoms with E-state index in [2.05, 4.69) is 25.6 Å². The summed E-state index contributed by atoms with van der Waals surface area (Å²) in [5.74, 6) is 0.568. The van der Waals surface area contributed by atoms with Gasteiger partial charge in [0, 0.05) is 39.2 Å². The van der Waals surface area contributed by atoms with Gasteiger partial charge < -0.3 is 29.2 Å². The lowest BCUT2D eigenvalue weighted by Crippen LogP contribution is -2.25. The number of anilines is 3. The number of pyridine rings is 3. The topological polar surface area (TPSA) is 125 Å². The normalized spacial score (nSPS) is 15.6. The third-order valence-electron chi connectivity index (χ3n) is 6.48. The van der Waals surface area contributed by atoms with Crippen molar-refractivity contribution >= 4 is 46.1 Å². The maximum atomic E-state index is 13.3. The average Bonchev–Trinajstić information content (AvgIpc) is 3.24. The molecule has 4 aromatic heterocycles. The summed E-state index contributed by atoms with van der Waals surface area (Å²) in [4.78, 5) is 37.6. The molecule has 1 aliphatic heterocycles. The van der Waals surface area contributed by atoms with Crippen LogP contribution in [-0.2, 0) is 29.8 Å². The van der Waals surface area contributed by atoms with E-state index in [9.17, 15) is 22.8 Å². The highest BCUT2D eigenvalue weighted by Crippen LogP contribution is 2.36. The molecule has 0 bridgehead atoms. The van der Waals surface area contributed by atoms with E-state index in [0.29, 0.717) is 30.1 Å². The number of aryl methyl sites for hydroxylation is 2. The summed E-state index contributed by atoms with van der Waals surface area (Å²) in [5, 5.41) is 5.51. The molecule has 5 heterocycles. The number of hydrogen-bond acceptors (Lipinski definition) is 8. The van der Waals surface area contributed by atoms with Gasteiger partial charge in [0.25, 0.3) is 5.56 Å². The van der Waals surface area contributed by atoms with Gasteiger partial charge in [-0.1, -0.05) is 11.6 Å². The lowest BCUT2D eigenvalue weighted by atomic mass is 10.1. The fourth-order valence-electron chi connectivity index (χ4n) is 4.41. The van der Waals surface area contributed by atoms with Crippen molar-refractivity contribution in [3.05, 3.63) is 57.7 Å². The maximum absolute atomic E-state index is 13.3. The fourth-order valence-corrected chi connectivity index (χ4v) is 4.71. The molecule has 1 fully saturated rings. The van der Waals surface area contributed by atoms with Crippen molar-refractivity contribution in [1.29, 1.82) is 0 Å². The smallest absolute Gasteiger partial charge is 0.417 e. The number of alkyl halides is 3. The van der Waals surface area contributed by atoms with Crippen molar-refractivity contribution in [2.24, 2.45) is 14.1 Å². The molecule has 11 nitrogen and oxygen atoms in total. The third-order valence-corrected chi connectivity index (χ3v) is 6.84. The Balaban J connectivity index is 1.36. The van der Waals surface area contributed by atoms with E-state index in [-0.39, 0.29) is 52.3 Å². The molecule has 1 saturated heterocycles. The van der Waals surface area contributed by atoms with Crippen LogP contribution in [-0.4, -0.2) is 42.7 Å². The van der Waals surface area contributed by atoms with Crippen molar-refractivity contribution in [3.8, 4) is 11.5 Å². The van der Waals surface area contributed by atoms with Crippen LogP contribution in [0.25, 0.3) is 11.2 Å². The Labute approximate surface area is 236 Å². The quantitative estimate of drug-likeness (QED) is 0.302. The van der Waals surface area contributed by atoms with Crippen molar-refractivity contribution in [3.63, 3.8) is 0 Å². The second-order valence-corrected chi connectivity index (χ2v) is 9.88. The SMILES string of the molecule is Cn1cc(C(F)(F)F)cc(Nc2nc3ncc(Oc4ccnc(NC(=O)CC5CCCCO5)c4)c(Cl)c3n2C)c1=O. The largest absolute Gasteiger partial charge is 0.454 e. The van der Waals surface area contributed by atoms with E-state index < -0.39 is 17.3 Å². The van der Waals surface area contributed by atoms with Crippen LogP contribution in [0.3, 0.4) is 0 Å². The van der Waals surface area contributed by atoms with E-state index in [1.54, 1.807) is 13.1 Å². The molecular formula is C26H25ClF3N7O4. The third kappa shape index (κ3) is 6.28. The fraction of sp³-hybridized carbons (Fsp3) is 0.346. The molecule has 1 unspecified atom stereocenters. The molecule has 41 heavy (non-hydrogen) atoms. The number of aromatic nitrogens is 5. The van der Waals surface area contributed by atoms with E-state index >= 15 is 0 Å². The van der Waals surface area contributed by atoms with Crippen LogP contribution in [0.2, 0.25) is 5.02 Å². The molecule has 4 aromatic rings. The van der Waals surface area contributed by atoms with Gasteiger partial charge in [0.05, 0.1) is 24.3 Å². The minimum atomic E-state index is -4.65. The number of ether oxygens (including phenoxy) is 2. The molecule has 2 N–H and O–H groups in total. The van der Waals surface area contributed by atoms with Crippen LogP contribution in [0.1, 0.15) is 31.2 Å². The molecule has 216 valence electrons.